The molecule has 2 atom stereocenters. The molecule has 0 aromatic heterocycles. The van der Waals surface area contributed by atoms with Crippen molar-refractivity contribution in [3.63, 3.8) is 0 Å². The molecule has 3 nitrogen and oxygen atoms in total. The highest BCUT2D eigenvalue weighted by Crippen LogP contribution is 2.29. The van der Waals surface area contributed by atoms with Crippen molar-refractivity contribution in [3.8, 4) is 0 Å². The van der Waals surface area contributed by atoms with Gasteiger partial charge in [-0.3, -0.25) is 0 Å². The predicted molar refractivity (Wildman–Crippen MR) is 113 cm³/mol. The standard InChI is InChI=1S/C24H40NO2/c1-4-5-6-7-8-14-19-25(2,3)20-22-17-12-13-18-23(22)27-24(26)21-15-10-9-11-16-21/h9-11,15-16,22-23H,4-8,12-14,17-20H2,1-3H3/q+1/t22-,23+/m1/s1. The molecule has 1 fully saturated rings. The van der Waals surface area contributed by atoms with E-state index in [1.807, 2.05) is 30.3 Å². The third kappa shape index (κ3) is 8.04. The van der Waals surface area contributed by atoms with E-state index in [1.54, 1.807) is 0 Å². The number of hydrogen-bond acceptors (Lipinski definition) is 2. The zero-order valence-electron chi connectivity index (χ0n) is 17.8. The average Bonchev–Trinajstić information content (AvgIpc) is 2.66. The Labute approximate surface area is 166 Å². The van der Waals surface area contributed by atoms with Crippen molar-refractivity contribution in [2.24, 2.45) is 5.92 Å². The van der Waals surface area contributed by atoms with Crippen LogP contribution in [0.4, 0.5) is 0 Å². The van der Waals surface area contributed by atoms with Crippen molar-refractivity contribution in [1.82, 2.24) is 0 Å². The Balaban J connectivity index is 1.82. The Morgan fingerprint density at radius 3 is 2.41 bits per heavy atom. The molecule has 0 unspecified atom stereocenters. The maximum Gasteiger partial charge on any atom is 0.338 e. The fraction of sp³-hybridized carbons (Fsp3) is 0.708. The first-order valence-electron chi connectivity index (χ1n) is 11.1. The van der Waals surface area contributed by atoms with Gasteiger partial charge in [-0.25, -0.2) is 4.79 Å². The van der Waals surface area contributed by atoms with Gasteiger partial charge < -0.3 is 9.22 Å². The molecule has 2 rings (SSSR count). The topological polar surface area (TPSA) is 26.3 Å². The van der Waals surface area contributed by atoms with E-state index in [0.29, 0.717) is 11.5 Å². The van der Waals surface area contributed by atoms with Gasteiger partial charge in [-0.05, 0) is 44.2 Å². The van der Waals surface area contributed by atoms with E-state index in [4.69, 9.17) is 4.74 Å². The largest absolute Gasteiger partial charge is 0.458 e. The second-order valence-electron chi connectivity index (χ2n) is 8.96. The molecule has 0 N–H and O–H groups in total. The van der Waals surface area contributed by atoms with Crippen LogP contribution in [0.3, 0.4) is 0 Å². The molecule has 0 heterocycles. The number of carbonyl (C=O) groups excluding carboxylic acids is 1. The van der Waals surface area contributed by atoms with Crippen molar-refractivity contribution in [2.75, 3.05) is 27.2 Å². The molecule has 1 saturated carbocycles. The van der Waals surface area contributed by atoms with Crippen LogP contribution in [0.15, 0.2) is 30.3 Å². The van der Waals surface area contributed by atoms with E-state index >= 15 is 0 Å². The fourth-order valence-corrected chi connectivity index (χ4v) is 4.36. The minimum absolute atomic E-state index is 0.0772. The molecule has 1 aromatic carbocycles. The van der Waals surface area contributed by atoms with Crippen LogP contribution in [0.5, 0.6) is 0 Å². The Morgan fingerprint density at radius 1 is 1.00 bits per heavy atom. The number of hydrogen-bond donors (Lipinski definition) is 0. The Hall–Kier alpha value is -1.35. The van der Waals surface area contributed by atoms with Gasteiger partial charge in [0.1, 0.15) is 6.10 Å². The highest BCUT2D eigenvalue weighted by atomic mass is 16.5. The molecular formula is C24H40NO2+. The lowest BCUT2D eigenvalue weighted by atomic mass is 9.85. The number of rotatable bonds is 11. The van der Waals surface area contributed by atoms with E-state index in [0.717, 1.165) is 17.4 Å². The zero-order valence-corrected chi connectivity index (χ0v) is 17.8. The summed E-state index contributed by atoms with van der Waals surface area (Å²) in [6.45, 7) is 4.61. The van der Waals surface area contributed by atoms with E-state index in [9.17, 15) is 4.79 Å². The molecule has 0 bridgehead atoms. The fourth-order valence-electron chi connectivity index (χ4n) is 4.36. The van der Waals surface area contributed by atoms with Crippen LogP contribution in [0.25, 0.3) is 0 Å². The number of ether oxygens (including phenoxy) is 1. The summed E-state index contributed by atoms with van der Waals surface area (Å²) in [4.78, 5) is 12.5. The van der Waals surface area contributed by atoms with Crippen LogP contribution < -0.4 is 0 Å². The number of carbonyl (C=O) groups is 1. The van der Waals surface area contributed by atoms with E-state index in [1.165, 1.54) is 64.3 Å². The summed E-state index contributed by atoms with van der Waals surface area (Å²) >= 11 is 0. The second kappa shape index (κ2) is 11.5. The lowest BCUT2D eigenvalue weighted by Gasteiger charge is -2.38. The number of benzene rings is 1. The first-order valence-corrected chi connectivity index (χ1v) is 11.1. The maximum atomic E-state index is 12.5. The molecule has 0 amide bonds. The zero-order chi connectivity index (χ0) is 19.5. The van der Waals surface area contributed by atoms with Gasteiger partial charge in [0.25, 0.3) is 0 Å². The molecule has 27 heavy (non-hydrogen) atoms. The number of quaternary nitrogens is 1. The van der Waals surface area contributed by atoms with Gasteiger partial charge in [-0.1, -0.05) is 57.2 Å². The molecule has 1 aliphatic carbocycles. The molecule has 0 saturated heterocycles. The van der Waals surface area contributed by atoms with Gasteiger partial charge in [0.15, 0.2) is 0 Å². The third-order valence-electron chi connectivity index (χ3n) is 5.95. The maximum absolute atomic E-state index is 12.5. The molecular weight excluding hydrogens is 334 g/mol. The van der Waals surface area contributed by atoms with Crippen LogP contribution in [0.2, 0.25) is 0 Å². The van der Waals surface area contributed by atoms with Crippen LogP contribution >= 0.6 is 0 Å². The molecule has 3 heteroatoms. The van der Waals surface area contributed by atoms with Gasteiger partial charge in [-0.15, -0.1) is 0 Å². The summed E-state index contributed by atoms with van der Waals surface area (Å²) in [7, 11) is 4.69. The Bertz CT molecular complexity index is 541. The van der Waals surface area contributed by atoms with Crippen LogP contribution in [-0.4, -0.2) is 43.7 Å². The van der Waals surface area contributed by atoms with Crippen molar-refractivity contribution in [3.05, 3.63) is 35.9 Å². The molecule has 152 valence electrons. The van der Waals surface area contributed by atoms with Crippen molar-refractivity contribution >= 4 is 5.97 Å². The summed E-state index contributed by atoms with van der Waals surface area (Å²) in [5.74, 6) is 0.329. The molecule has 0 spiro atoms. The minimum atomic E-state index is -0.159. The summed E-state index contributed by atoms with van der Waals surface area (Å²) in [6.07, 6.45) is 12.8. The predicted octanol–water partition coefficient (Wildman–Crippen LogP) is 5.84. The Kier molecular flexibility index (Phi) is 9.33. The summed E-state index contributed by atoms with van der Waals surface area (Å²) in [5.41, 5.74) is 0.669. The molecule has 0 aliphatic heterocycles. The smallest absolute Gasteiger partial charge is 0.338 e. The van der Waals surface area contributed by atoms with Crippen molar-refractivity contribution in [1.29, 1.82) is 0 Å². The lowest BCUT2D eigenvalue weighted by Crippen LogP contribution is -2.48. The van der Waals surface area contributed by atoms with Crippen LogP contribution in [-0.2, 0) is 4.74 Å². The van der Waals surface area contributed by atoms with Crippen molar-refractivity contribution < 1.29 is 14.0 Å². The first-order chi connectivity index (χ1) is 13.0. The molecule has 1 aliphatic rings. The molecule has 0 radical (unpaired) electrons. The van der Waals surface area contributed by atoms with Crippen LogP contribution in [0.1, 0.15) is 81.5 Å². The van der Waals surface area contributed by atoms with Gasteiger partial charge in [0.2, 0.25) is 0 Å². The lowest BCUT2D eigenvalue weighted by molar-refractivity contribution is -0.894. The van der Waals surface area contributed by atoms with Gasteiger partial charge in [0.05, 0.1) is 32.7 Å². The summed E-state index contributed by atoms with van der Waals surface area (Å²) in [5, 5.41) is 0. The number of esters is 1. The van der Waals surface area contributed by atoms with Gasteiger partial charge in [0, 0.05) is 5.92 Å². The van der Waals surface area contributed by atoms with E-state index in [2.05, 4.69) is 21.0 Å². The van der Waals surface area contributed by atoms with E-state index < -0.39 is 0 Å². The highest BCUT2D eigenvalue weighted by Gasteiger charge is 2.33. The normalized spacial score (nSPS) is 20.4. The number of unbranched alkanes of at least 4 members (excludes halogenated alkanes) is 5. The Morgan fingerprint density at radius 2 is 1.67 bits per heavy atom. The highest BCUT2D eigenvalue weighted by molar-refractivity contribution is 5.89. The minimum Gasteiger partial charge on any atom is -0.458 e. The van der Waals surface area contributed by atoms with Crippen LogP contribution in [0, 0.1) is 5.92 Å². The number of nitrogens with zero attached hydrogens (tertiary/aromatic N) is 1. The van der Waals surface area contributed by atoms with E-state index in [-0.39, 0.29) is 12.1 Å². The van der Waals surface area contributed by atoms with Crippen molar-refractivity contribution in [2.45, 2.75) is 77.2 Å². The SMILES string of the molecule is CCCCCCCC[N+](C)(C)C[C@H]1CCCC[C@@H]1OC(=O)c1ccccc1. The van der Waals surface area contributed by atoms with Gasteiger partial charge in [-0.2, -0.15) is 0 Å². The van der Waals surface area contributed by atoms with Gasteiger partial charge >= 0.3 is 5.97 Å². The monoisotopic (exact) mass is 374 g/mol. The first kappa shape index (κ1) is 21.9. The second-order valence-corrected chi connectivity index (χ2v) is 8.96. The third-order valence-corrected chi connectivity index (χ3v) is 5.95. The quantitative estimate of drug-likeness (QED) is 0.276. The summed E-state index contributed by atoms with van der Waals surface area (Å²) in [6, 6.07) is 9.42. The average molecular weight is 375 g/mol. The molecule has 1 aromatic rings. The summed E-state index contributed by atoms with van der Waals surface area (Å²) < 4.78 is 7.00.